The van der Waals surface area contributed by atoms with E-state index in [2.05, 4.69) is 63.2 Å². The maximum Gasteiger partial charge on any atom is 0.308 e. The third-order valence-electron chi connectivity index (χ3n) is 9.44. The lowest BCUT2D eigenvalue weighted by Crippen LogP contribution is -2.36. The van der Waals surface area contributed by atoms with Gasteiger partial charge in [-0.15, -0.1) is 0 Å². The molecule has 2 aliphatic carbocycles. The van der Waals surface area contributed by atoms with Crippen molar-refractivity contribution in [3.8, 4) is 0 Å². The third-order valence-corrected chi connectivity index (χ3v) is 9.44. The summed E-state index contributed by atoms with van der Waals surface area (Å²) < 4.78 is 6.24. The summed E-state index contributed by atoms with van der Waals surface area (Å²) in [4.78, 5) is 13.1. The molecule has 4 heteroatoms. The second kappa shape index (κ2) is 10.1. The summed E-state index contributed by atoms with van der Waals surface area (Å²) >= 11 is 0. The summed E-state index contributed by atoms with van der Waals surface area (Å²) in [5, 5.41) is 23.3. The van der Waals surface area contributed by atoms with Crippen LogP contribution in [-0.2, 0) is 9.53 Å². The molecular weight excluding hydrogens is 460 g/mol. The Morgan fingerprint density at radius 2 is 1.70 bits per heavy atom. The molecule has 0 spiro atoms. The van der Waals surface area contributed by atoms with Crippen LogP contribution in [0.4, 0.5) is 0 Å². The molecule has 2 bridgehead atoms. The van der Waals surface area contributed by atoms with Crippen molar-refractivity contribution in [3.05, 3.63) is 90.0 Å². The van der Waals surface area contributed by atoms with Crippen molar-refractivity contribution in [1.29, 1.82) is 0 Å². The second-order valence-corrected chi connectivity index (χ2v) is 11.7. The molecule has 0 aromatic heterocycles. The van der Waals surface area contributed by atoms with Crippen molar-refractivity contribution in [2.75, 3.05) is 0 Å². The number of esters is 1. The molecule has 3 unspecified atom stereocenters. The van der Waals surface area contributed by atoms with Crippen LogP contribution < -0.4 is 0 Å². The molecule has 2 saturated carbocycles. The third kappa shape index (κ3) is 4.73. The second-order valence-electron chi connectivity index (χ2n) is 11.7. The number of carbonyl (C=O) groups is 1. The van der Waals surface area contributed by atoms with E-state index in [-0.39, 0.29) is 41.6 Å². The van der Waals surface area contributed by atoms with Crippen molar-refractivity contribution in [2.24, 2.45) is 16.7 Å². The van der Waals surface area contributed by atoms with E-state index in [1.54, 1.807) is 6.08 Å². The molecule has 37 heavy (non-hydrogen) atoms. The van der Waals surface area contributed by atoms with Crippen LogP contribution in [0.15, 0.2) is 78.9 Å². The number of rotatable bonds is 8. The summed E-state index contributed by atoms with van der Waals surface area (Å²) in [7, 11) is 0. The van der Waals surface area contributed by atoms with Gasteiger partial charge in [0.05, 0.1) is 18.6 Å². The molecule has 3 aromatic carbocycles. The first-order valence-electron chi connectivity index (χ1n) is 13.5. The van der Waals surface area contributed by atoms with Crippen LogP contribution in [0.3, 0.4) is 0 Å². The van der Waals surface area contributed by atoms with Gasteiger partial charge >= 0.3 is 5.97 Å². The van der Waals surface area contributed by atoms with E-state index < -0.39 is 18.2 Å². The van der Waals surface area contributed by atoms with Gasteiger partial charge in [-0.25, -0.2) is 0 Å². The largest absolute Gasteiger partial charge is 0.461 e. The van der Waals surface area contributed by atoms with Gasteiger partial charge in [-0.05, 0) is 45.6 Å². The van der Waals surface area contributed by atoms with Gasteiger partial charge in [-0.3, -0.25) is 4.79 Å². The van der Waals surface area contributed by atoms with E-state index in [0.29, 0.717) is 0 Å². The minimum Gasteiger partial charge on any atom is -0.461 e. The Morgan fingerprint density at radius 3 is 2.49 bits per heavy atom. The molecule has 2 aliphatic rings. The van der Waals surface area contributed by atoms with Crippen molar-refractivity contribution in [2.45, 2.75) is 70.7 Å². The number of fused-ring (bicyclic) bond motifs is 3. The summed E-state index contributed by atoms with van der Waals surface area (Å²) in [5.74, 6) is -0.0382. The number of hydrogen-bond acceptors (Lipinski definition) is 4. The van der Waals surface area contributed by atoms with E-state index in [4.69, 9.17) is 4.74 Å². The molecular formula is C33H38O4. The number of hydrogen-bond donors (Lipinski definition) is 2. The molecule has 5 rings (SSSR count). The molecule has 3 aromatic rings. The summed E-state index contributed by atoms with van der Waals surface area (Å²) in [6, 6.07) is 24.5. The molecule has 0 aliphatic heterocycles. The minimum absolute atomic E-state index is 0.00375. The fourth-order valence-electron chi connectivity index (χ4n) is 7.10. The lowest BCUT2D eigenvalue weighted by Gasteiger charge is -2.40. The van der Waals surface area contributed by atoms with Gasteiger partial charge in [0.25, 0.3) is 0 Å². The lowest BCUT2D eigenvalue weighted by molar-refractivity contribution is -0.156. The Balaban J connectivity index is 1.31. The molecule has 0 heterocycles. The van der Waals surface area contributed by atoms with Crippen molar-refractivity contribution in [1.82, 2.24) is 0 Å². The molecule has 4 nitrogen and oxygen atoms in total. The average Bonchev–Trinajstić information content (AvgIpc) is 3.20. The van der Waals surface area contributed by atoms with E-state index in [1.807, 2.05) is 36.4 Å². The number of benzene rings is 3. The maximum absolute atomic E-state index is 13.1. The normalized spacial score (nSPS) is 28.0. The molecule has 194 valence electrons. The lowest BCUT2D eigenvalue weighted by atomic mass is 9.64. The predicted octanol–water partition coefficient (Wildman–Crippen LogP) is 6.51. The predicted molar refractivity (Wildman–Crippen MR) is 148 cm³/mol. The van der Waals surface area contributed by atoms with Gasteiger partial charge in [0.1, 0.15) is 6.10 Å². The smallest absolute Gasteiger partial charge is 0.308 e. The van der Waals surface area contributed by atoms with Crippen LogP contribution in [0.25, 0.3) is 16.8 Å². The molecule has 6 atom stereocenters. The monoisotopic (exact) mass is 498 g/mol. The van der Waals surface area contributed by atoms with Gasteiger partial charge in [-0.2, -0.15) is 0 Å². The van der Waals surface area contributed by atoms with Crippen molar-refractivity contribution >= 4 is 22.8 Å². The molecule has 0 amide bonds. The fraction of sp³-hybridized carbons (Fsp3) is 0.424. The van der Waals surface area contributed by atoms with Crippen molar-refractivity contribution < 1.29 is 19.7 Å². The summed E-state index contributed by atoms with van der Waals surface area (Å²) in [6.45, 7) is 7.00. The van der Waals surface area contributed by atoms with Crippen LogP contribution in [0.5, 0.6) is 0 Å². The Kier molecular flexibility index (Phi) is 6.99. The van der Waals surface area contributed by atoms with Gasteiger partial charge < -0.3 is 14.9 Å². The number of ether oxygens (including phenoxy) is 1. The molecule has 0 saturated heterocycles. The highest BCUT2D eigenvalue weighted by Gasteiger charge is 2.67. The van der Waals surface area contributed by atoms with Gasteiger partial charge in [0.2, 0.25) is 0 Å². The topological polar surface area (TPSA) is 66.8 Å². The maximum atomic E-state index is 13.1. The number of aliphatic hydroxyl groups excluding tert-OH is 2. The van der Waals surface area contributed by atoms with Crippen LogP contribution in [0.1, 0.15) is 63.5 Å². The number of carbonyl (C=O) groups excluding carboxylic acids is 1. The minimum atomic E-state index is -0.971. The van der Waals surface area contributed by atoms with E-state index in [1.165, 1.54) is 16.3 Å². The van der Waals surface area contributed by atoms with E-state index >= 15 is 0 Å². The first-order valence-corrected chi connectivity index (χ1v) is 13.5. The van der Waals surface area contributed by atoms with Crippen LogP contribution in [0, 0.1) is 16.7 Å². The Morgan fingerprint density at radius 1 is 1.00 bits per heavy atom. The SMILES string of the molecule is CC1(C)C2CC[C@@]1(C)C(c1cccc3ccccc13)C2OC(=O)C[C@@H](O)C[C@@H](O)C=Cc1ccccc1. The highest BCUT2D eigenvalue weighted by Crippen LogP contribution is 2.72. The first kappa shape index (κ1) is 25.7. The summed E-state index contributed by atoms with van der Waals surface area (Å²) in [6.07, 6.45) is 3.53. The van der Waals surface area contributed by atoms with Gasteiger partial charge in [0.15, 0.2) is 0 Å². The first-order chi connectivity index (χ1) is 17.7. The molecule has 2 N–H and O–H groups in total. The van der Waals surface area contributed by atoms with Crippen molar-refractivity contribution in [3.63, 3.8) is 0 Å². The van der Waals surface area contributed by atoms with Crippen LogP contribution in [-0.4, -0.2) is 34.5 Å². The fourth-order valence-corrected chi connectivity index (χ4v) is 7.10. The Bertz CT molecular complexity index is 1270. The quantitative estimate of drug-likeness (QED) is 0.348. The highest BCUT2D eigenvalue weighted by molar-refractivity contribution is 5.86. The average molecular weight is 499 g/mol. The van der Waals surface area contributed by atoms with Gasteiger partial charge in [-0.1, -0.05) is 106 Å². The zero-order chi connectivity index (χ0) is 26.2. The zero-order valence-corrected chi connectivity index (χ0v) is 22.0. The van der Waals surface area contributed by atoms with Crippen LogP contribution in [0.2, 0.25) is 0 Å². The Labute approximate surface area is 220 Å². The highest BCUT2D eigenvalue weighted by atomic mass is 16.5. The molecule has 0 radical (unpaired) electrons. The summed E-state index contributed by atoms with van der Waals surface area (Å²) in [5.41, 5.74) is 2.25. The van der Waals surface area contributed by atoms with Crippen LogP contribution >= 0.6 is 0 Å². The van der Waals surface area contributed by atoms with E-state index in [0.717, 1.165) is 18.4 Å². The zero-order valence-electron chi connectivity index (χ0n) is 22.0. The molecule has 2 fully saturated rings. The number of aliphatic hydroxyl groups is 2. The van der Waals surface area contributed by atoms with E-state index in [9.17, 15) is 15.0 Å². The Hall–Kier alpha value is -2.95. The van der Waals surface area contributed by atoms with Gasteiger partial charge in [0, 0.05) is 18.3 Å². The standard InChI is InChI=1S/C33H38O4/c1-32(2)28-18-19-33(32,3)30(27-15-9-13-23-12-7-8-14-26(23)27)31(28)37-29(36)21-25(35)20-24(34)17-16-22-10-5-4-6-11-22/h4-17,24-25,28,30-31,34-35H,18-21H2,1-3H3/t24-,25-,28?,30?,31?,33-/m0/s1.